The number of hydrogen-bond acceptors (Lipinski definition) is 10. The molecule has 0 radical (unpaired) electrons. The number of rotatable bonds is 0. The van der Waals surface area contributed by atoms with Crippen molar-refractivity contribution in [2.75, 3.05) is 0 Å². The molecule has 1 heterocycles. The van der Waals surface area contributed by atoms with Gasteiger partial charge in [-0.05, 0) is 12.1 Å². The monoisotopic (exact) mass is 350 g/mol. The lowest BCUT2D eigenvalue weighted by atomic mass is 10.00. The Morgan fingerprint density at radius 2 is 0.923 bits per heavy atom. The van der Waals surface area contributed by atoms with Crippen LogP contribution in [-0.4, -0.2) is 9.97 Å². The summed E-state index contributed by atoms with van der Waals surface area (Å²) in [6, 6.07) is 1.51. The molecule has 2 aromatic rings. The highest BCUT2D eigenvalue weighted by molar-refractivity contribution is 5.96. The number of nitrogens with zero attached hydrogens (tertiary/aromatic N) is 2. The van der Waals surface area contributed by atoms with Crippen molar-refractivity contribution in [3.63, 3.8) is 0 Å². The Morgan fingerprint density at radius 1 is 0.423 bits per heavy atom. The van der Waals surface area contributed by atoms with E-state index in [0.717, 1.165) is 12.1 Å². The first-order valence-electron chi connectivity index (χ1n) is 6.93. The van der Waals surface area contributed by atoms with Gasteiger partial charge >= 0.3 is 0 Å². The van der Waals surface area contributed by atoms with E-state index in [1.165, 1.54) is 0 Å². The largest absolute Gasteiger partial charge is 0.287 e. The van der Waals surface area contributed by atoms with Crippen molar-refractivity contribution in [1.29, 1.82) is 0 Å². The Bertz CT molecular complexity index is 1690. The van der Waals surface area contributed by atoms with Crippen LogP contribution in [-0.2, 0) is 0 Å². The van der Waals surface area contributed by atoms with Gasteiger partial charge in [-0.1, -0.05) is 0 Å². The first-order valence-corrected chi connectivity index (χ1v) is 6.93. The summed E-state index contributed by atoms with van der Waals surface area (Å²) in [4.78, 5) is 101. The van der Waals surface area contributed by atoms with Crippen molar-refractivity contribution >= 4 is 22.1 Å². The van der Waals surface area contributed by atoms with Crippen LogP contribution in [0.25, 0.3) is 33.2 Å². The molecule has 10 nitrogen and oxygen atoms in total. The molecule has 1 aromatic carbocycles. The van der Waals surface area contributed by atoms with E-state index in [-0.39, 0.29) is 5.56 Å². The summed E-state index contributed by atoms with van der Waals surface area (Å²) in [5.41, 5.74) is -13.6. The quantitative estimate of drug-likeness (QED) is 0.177. The van der Waals surface area contributed by atoms with Crippen LogP contribution in [0.2, 0.25) is 0 Å². The van der Waals surface area contributed by atoms with Crippen LogP contribution >= 0.6 is 0 Å². The van der Waals surface area contributed by atoms with E-state index < -0.39 is 71.1 Å². The second kappa shape index (κ2) is 4.72. The zero-order valence-corrected chi connectivity index (χ0v) is 12.3. The molecular formula is C16H2N2O8. The Hall–Kier alpha value is -4.08. The van der Waals surface area contributed by atoms with Crippen LogP contribution in [0, 0.1) is 0 Å². The summed E-state index contributed by atoms with van der Waals surface area (Å²) >= 11 is 0. The second-order valence-corrected chi connectivity index (χ2v) is 5.44. The van der Waals surface area contributed by atoms with Crippen molar-refractivity contribution in [2.45, 2.75) is 0 Å². The van der Waals surface area contributed by atoms with E-state index in [0.29, 0.717) is 0 Å². The van der Waals surface area contributed by atoms with E-state index in [2.05, 4.69) is 9.97 Å². The van der Waals surface area contributed by atoms with Crippen molar-refractivity contribution in [3.8, 4) is 11.1 Å². The van der Waals surface area contributed by atoms with E-state index in [9.17, 15) is 38.4 Å². The Morgan fingerprint density at radius 3 is 1.50 bits per heavy atom. The second-order valence-electron chi connectivity index (χ2n) is 5.44. The summed E-state index contributed by atoms with van der Waals surface area (Å²) in [7, 11) is 0. The first-order chi connectivity index (χ1) is 12.2. The predicted molar refractivity (Wildman–Crippen MR) is 88.6 cm³/mol. The van der Waals surface area contributed by atoms with Gasteiger partial charge in [0.15, 0.2) is 0 Å². The van der Waals surface area contributed by atoms with Gasteiger partial charge < -0.3 is 0 Å². The molecule has 2 aliphatic carbocycles. The highest BCUT2D eigenvalue weighted by Crippen LogP contribution is 2.22. The molecule has 0 atom stereocenters. The summed E-state index contributed by atoms with van der Waals surface area (Å²) < 4.78 is 0. The average Bonchev–Trinajstić information content (AvgIpc) is 2.63. The molecule has 0 amide bonds. The van der Waals surface area contributed by atoms with Crippen LogP contribution in [0.1, 0.15) is 0 Å². The predicted octanol–water partition coefficient (Wildman–Crippen LogP) is -3.48. The lowest BCUT2D eigenvalue weighted by Gasteiger charge is -2.06. The lowest BCUT2D eigenvalue weighted by Crippen LogP contribution is -2.47. The summed E-state index contributed by atoms with van der Waals surface area (Å²) in [6.07, 6.45) is 0. The molecule has 4 rings (SSSR count). The van der Waals surface area contributed by atoms with Crippen LogP contribution in [0.5, 0.6) is 0 Å². The topological polar surface area (TPSA) is 162 Å². The maximum absolute atomic E-state index is 12.2. The number of hydrogen-bond donors (Lipinski definition) is 0. The molecule has 0 spiro atoms. The van der Waals surface area contributed by atoms with Gasteiger partial charge in [0, 0.05) is 11.1 Å². The SMILES string of the molecule is O=c1cc2c3nc4c(=O)c(=O)c(=O)c(=O)c4nc3c(=O)cc-2c(=O)c1=O. The van der Waals surface area contributed by atoms with E-state index in [1.807, 2.05) is 0 Å². The lowest BCUT2D eigenvalue weighted by molar-refractivity contribution is 1.28. The molecule has 0 unspecified atom stereocenters. The number of fused-ring (bicyclic) bond motifs is 4. The van der Waals surface area contributed by atoms with Crippen LogP contribution in [0.3, 0.4) is 0 Å². The average molecular weight is 350 g/mol. The fourth-order valence-electron chi connectivity index (χ4n) is 2.70. The molecule has 26 heavy (non-hydrogen) atoms. The van der Waals surface area contributed by atoms with Gasteiger partial charge in [0.1, 0.15) is 22.1 Å². The third kappa shape index (κ3) is 1.75. The molecule has 10 heteroatoms. The van der Waals surface area contributed by atoms with Gasteiger partial charge in [0.25, 0.3) is 27.1 Å². The Balaban J connectivity index is 2.46. The van der Waals surface area contributed by atoms with Gasteiger partial charge in [-0.25, -0.2) is 9.97 Å². The van der Waals surface area contributed by atoms with Gasteiger partial charge in [-0.3, -0.25) is 38.4 Å². The van der Waals surface area contributed by atoms with Crippen LogP contribution in [0.15, 0.2) is 50.5 Å². The van der Waals surface area contributed by atoms with E-state index >= 15 is 0 Å². The van der Waals surface area contributed by atoms with Crippen LogP contribution < -0.4 is 43.4 Å². The molecule has 0 bridgehead atoms. The fraction of sp³-hybridized carbons (Fsp3) is 0. The van der Waals surface area contributed by atoms with E-state index in [4.69, 9.17) is 0 Å². The zero-order chi connectivity index (χ0) is 18.9. The maximum atomic E-state index is 12.2. The van der Waals surface area contributed by atoms with Crippen LogP contribution in [0.4, 0.5) is 0 Å². The molecule has 0 fully saturated rings. The fourth-order valence-corrected chi connectivity index (χ4v) is 2.70. The van der Waals surface area contributed by atoms with Crippen molar-refractivity contribution in [1.82, 2.24) is 9.97 Å². The van der Waals surface area contributed by atoms with Crippen molar-refractivity contribution < 1.29 is 0 Å². The summed E-state index contributed by atoms with van der Waals surface area (Å²) in [5, 5.41) is 0. The maximum Gasteiger partial charge on any atom is 0.279 e. The minimum absolute atomic E-state index is 0.228. The number of aromatic nitrogens is 2. The third-order valence-corrected chi connectivity index (χ3v) is 3.95. The standard InChI is InChI=1S/C16H2N2O8/c19-5-2-4-3(1-6(20)12(22)11(4)21)7-8(5)18-10-9(17-7)13(23)15(25)16(26)14(10)24/h1-2H. The van der Waals surface area contributed by atoms with Gasteiger partial charge in [-0.2, -0.15) is 0 Å². The summed E-state index contributed by atoms with van der Waals surface area (Å²) in [6.45, 7) is 0. The minimum Gasteiger partial charge on any atom is -0.287 e. The first kappa shape index (κ1) is 15.4. The Kier molecular flexibility index (Phi) is 2.81. The minimum atomic E-state index is -1.60. The third-order valence-electron chi connectivity index (χ3n) is 3.95. The highest BCUT2D eigenvalue weighted by Gasteiger charge is 2.22. The van der Waals surface area contributed by atoms with E-state index in [1.54, 1.807) is 0 Å². The van der Waals surface area contributed by atoms with Gasteiger partial charge in [0.2, 0.25) is 16.3 Å². The number of benzene rings is 3. The summed E-state index contributed by atoms with van der Waals surface area (Å²) in [5.74, 6) is 0. The molecule has 0 aliphatic heterocycles. The normalized spacial score (nSPS) is 11.5. The van der Waals surface area contributed by atoms with Gasteiger partial charge in [-0.15, -0.1) is 0 Å². The molecular weight excluding hydrogens is 348 g/mol. The molecule has 124 valence electrons. The smallest absolute Gasteiger partial charge is 0.279 e. The highest BCUT2D eigenvalue weighted by atomic mass is 16.2. The zero-order valence-electron chi connectivity index (χ0n) is 12.3. The molecule has 0 saturated carbocycles. The molecule has 1 aromatic heterocycles. The molecule has 0 saturated heterocycles. The van der Waals surface area contributed by atoms with Crippen molar-refractivity contribution in [2.24, 2.45) is 0 Å². The molecule has 0 N–H and O–H groups in total. The molecule has 2 aliphatic rings. The van der Waals surface area contributed by atoms with Crippen molar-refractivity contribution in [3.05, 3.63) is 93.9 Å². The Labute approximate surface area is 138 Å². The van der Waals surface area contributed by atoms with Gasteiger partial charge in [0.05, 0.1) is 0 Å².